The lowest BCUT2D eigenvalue weighted by molar-refractivity contribution is -0.117. The average Bonchev–Trinajstić information content (AvgIpc) is 3.01. The summed E-state index contributed by atoms with van der Waals surface area (Å²) < 4.78 is 4.93. The summed E-state index contributed by atoms with van der Waals surface area (Å²) in [5.74, 6) is 0.00309. The average molecular weight is 286 g/mol. The number of nitrogens with one attached hydrogen (secondary N) is 2. The van der Waals surface area contributed by atoms with Gasteiger partial charge >= 0.3 is 5.76 Å². The number of aromatic amines is 1. The van der Waals surface area contributed by atoms with Crippen molar-refractivity contribution in [1.82, 2.24) is 10.3 Å². The van der Waals surface area contributed by atoms with E-state index >= 15 is 0 Å². The van der Waals surface area contributed by atoms with Gasteiger partial charge in [-0.15, -0.1) is 0 Å². The number of rotatable bonds is 3. The fourth-order valence-corrected chi connectivity index (χ4v) is 2.84. The van der Waals surface area contributed by atoms with E-state index in [1.165, 1.54) is 18.9 Å². The predicted molar refractivity (Wildman–Crippen MR) is 80.8 cm³/mol. The van der Waals surface area contributed by atoms with Crippen molar-refractivity contribution in [3.63, 3.8) is 0 Å². The lowest BCUT2D eigenvalue weighted by Crippen LogP contribution is -2.35. The summed E-state index contributed by atoms with van der Waals surface area (Å²) >= 11 is 0. The maximum Gasteiger partial charge on any atom is 0.417 e. The van der Waals surface area contributed by atoms with Crippen LogP contribution < -0.4 is 11.1 Å². The molecule has 1 aliphatic carbocycles. The van der Waals surface area contributed by atoms with Crippen LogP contribution in [0.3, 0.4) is 0 Å². The number of hydrogen-bond acceptors (Lipinski definition) is 3. The molecule has 2 unspecified atom stereocenters. The number of carbonyl (C=O) groups is 1. The molecule has 21 heavy (non-hydrogen) atoms. The highest BCUT2D eigenvalue weighted by atomic mass is 16.4. The molecule has 1 aromatic carbocycles. The third-order valence-corrected chi connectivity index (χ3v) is 4.06. The van der Waals surface area contributed by atoms with Crippen molar-refractivity contribution in [2.45, 2.75) is 32.2 Å². The number of H-pyrrole nitrogens is 1. The summed E-state index contributed by atoms with van der Waals surface area (Å²) in [5.41, 5.74) is 1.99. The first kappa shape index (κ1) is 13.7. The van der Waals surface area contributed by atoms with Gasteiger partial charge in [0.1, 0.15) is 0 Å². The molecule has 0 saturated heterocycles. The third-order valence-electron chi connectivity index (χ3n) is 4.06. The predicted octanol–water partition coefficient (Wildman–Crippen LogP) is 2.44. The number of hydrogen-bond donors (Lipinski definition) is 2. The summed E-state index contributed by atoms with van der Waals surface area (Å²) in [6.07, 6.45) is 6.69. The molecule has 1 fully saturated rings. The van der Waals surface area contributed by atoms with Crippen LogP contribution in [-0.2, 0) is 4.79 Å². The van der Waals surface area contributed by atoms with Gasteiger partial charge in [0, 0.05) is 12.1 Å². The molecule has 0 bridgehead atoms. The molecular formula is C16H18N2O3. The minimum Gasteiger partial charge on any atom is -0.408 e. The van der Waals surface area contributed by atoms with Gasteiger partial charge in [0.15, 0.2) is 5.58 Å². The molecule has 1 amide bonds. The summed E-state index contributed by atoms with van der Waals surface area (Å²) in [6.45, 7) is 2.17. The van der Waals surface area contributed by atoms with E-state index in [-0.39, 0.29) is 11.9 Å². The van der Waals surface area contributed by atoms with Crippen LogP contribution in [0.5, 0.6) is 0 Å². The van der Waals surface area contributed by atoms with Crippen molar-refractivity contribution in [2.75, 3.05) is 0 Å². The lowest BCUT2D eigenvalue weighted by atomic mass is 10.1. The highest BCUT2D eigenvalue weighted by molar-refractivity contribution is 5.92. The van der Waals surface area contributed by atoms with Crippen LogP contribution in [0.1, 0.15) is 31.7 Å². The van der Waals surface area contributed by atoms with Crippen molar-refractivity contribution < 1.29 is 9.21 Å². The Morgan fingerprint density at radius 2 is 2.29 bits per heavy atom. The molecule has 1 aromatic heterocycles. The number of oxazole rings is 1. The fourth-order valence-electron chi connectivity index (χ4n) is 2.84. The number of benzene rings is 1. The zero-order valence-corrected chi connectivity index (χ0v) is 11.9. The molecule has 5 heteroatoms. The zero-order chi connectivity index (χ0) is 14.8. The SMILES string of the molecule is CC1CCCC1NC(=O)/C=C/c1ccc2oc(=O)[nH]c2c1. The number of aromatic nitrogens is 1. The maximum absolute atomic E-state index is 11.9. The second kappa shape index (κ2) is 5.60. The Hall–Kier alpha value is -2.30. The van der Waals surface area contributed by atoms with Crippen molar-refractivity contribution in [3.05, 3.63) is 40.4 Å². The van der Waals surface area contributed by atoms with Crippen molar-refractivity contribution in [3.8, 4) is 0 Å². The Kier molecular flexibility index (Phi) is 3.64. The Morgan fingerprint density at radius 1 is 1.43 bits per heavy atom. The molecule has 0 aliphatic heterocycles. The van der Waals surface area contributed by atoms with Crippen molar-refractivity contribution in [2.24, 2.45) is 5.92 Å². The lowest BCUT2D eigenvalue weighted by Gasteiger charge is -2.15. The molecule has 5 nitrogen and oxygen atoms in total. The van der Waals surface area contributed by atoms with E-state index in [0.29, 0.717) is 17.0 Å². The zero-order valence-electron chi connectivity index (χ0n) is 11.9. The Labute approximate surface area is 122 Å². The smallest absolute Gasteiger partial charge is 0.408 e. The van der Waals surface area contributed by atoms with Crippen LogP contribution in [0.15, 0.2) is 33.5 Å². The minimum atomic E-state index is -0.473. The largest absolute Gasteiger partial charge is 0.417 e. The van der Waals surface area contributed by atoms with Gasteiger partial charge in [0.05, 0.1) is 5.52 Å². The van der Waals surface area contributed by atoms with Gasteiger partial charge < -0.3 is 9.73 Å². The van der Waals surface area contributed by atoms with Crippen LogP contribution in [0.2, 0.25) is 0 Å². The second-order valence-corrected chi connectivity index (χ2v) is 5.63. The first-order chi connectivity index (χ1) is 10.1. The molecule has 0 spiro atoms. The van der Waals surface area contributed by atoms with Gasteiger partial charge in [-0.3, -0.25) is 9.78 Å². The number of fused-ring (bicyclic) bond motifs is 1. The molecule has 1 saturated carbocycles. The van der Waals surface area contributed by atoms with E-state index in [2.05, 4.69) is 17.2 Å². The summed E-state index contributed by atoms with van der Waals surface area (Å²) in [4.78, 5) is 25.6. The number of carbonyl (C=O) groups excluding carboxylic acids is 1. The third kappa shape index (κ3) is 3.07. The second-order valence-electron chi connectivity index (χ2n) is 5.63. The van der Waals surface area contributed by atoms with Gasteiger partial charge in [0.25, 0.3) is 0 Å². The molecule has 0 radical (unpaired) electrons. The summed E-state index contributed by atoms with van der Waals surface area (Å²) in [5, 5.41) is 3.04. The molecule has 3 rings (SSSR count). The molecule has 2 atom stereocenters. The summed E-state index contributed by atoms with van der Waals surface area (Å²) in [7, 11) is 0. The molecule has 1 heterocycles. The van der Waals surface area contributed by atoms with Crippen LogP contribution in [0, 0.1) is 5.92 Å². The number of amides is 1. The highest BCUT2D eigenvalue weighted by Crippen LogP contribution is 2.24. The highest BCUT2D eigenvalue weighted by Gasteiger charge is 2.23. The quantitative estimate of drug-likeness (QED) is 0.851. The van der Waals surface area contributed by atoms with Crippen LogP contribution in [-0.4, -0.2) is 16.9 Å². The Balaban J connectivity index is 1.68. The van der Waals surface area contributed by atoms with Gasteiger partial charge in [-0.25, -0.2) is 4.79 Å². The topological polar surface area (TPSA) is 75.1 Å². The van der Waals surface area contributed by atoms with E-state index in [9.17, 15) is 9.59 Å². The Morgan fingerprint density at radius 3 is 3.05 bits per heavy atom. The molecule has 1 aliphatic rings. The maximum atomic E-state index is 11.9. The van der Waals surface area contributed by atoms with E-state index < -0.39 is 5.76 Å². The first-order valence-corrected chi connectivity index (χ1v) is 7.23. The van der Waals surface area contributed by atoms with Gasteiger partial charge in [-0.1, -0.05) is 19.4 Å². The van der Waals surface area contributed by atoms with E-state index in [1.54, 1.807) is 24.3 Å². The monoisotopic (exact) mass is 286 g/mol. The summed E-state index contributed by atoms with van der Waals surface area (Å²) in [6, 6.07) is 5.59. The van der Waals surface area contributed by atoms with Gasteiger partial charge in [0.2, 0.25) is 5.91 Å². The molecule has 2 aromatic rings. The molecule has 110 valence electrons. The Bertz CT molecular complexity index is 741. The fraction of sp³-hybridized carbons (Fsp3) is 0.375. The standard InChI is InChI=1S/C16H18N2O3/c1-10-3-2-4-12(10)17-15(19)8-6-11-5-7-14-13(9-11)18-16(20)21-14/h5-10,12H,2-4H2,1H3,(H,17,19)(H,18,20)/b8-6+. The van der Waals surface area contributed by atoms with Gasteiger partial charge in [-0.05, 0) is 42.5 Å². The van der Waals surface area contributed by atoms with Crippen LogP contribution in [0.25, 0.3) is 17.2 Å². The molecular weight excluding hydrogens is 268 g/mol. The van der Waals surface area contributed by atoms with Crippen molar-refractivity contribution >= 4 is 23.1 Å². The van der Waals surface area contributed by atoms with Crippen LogP contribution in [0.4, 0.5) is 0 Å². The van der Waals surface area contributed by atoms with Crippen molar-refractivity contribution in [1.29, 1.82) is 0 Å². The van der Waals surface area contributed by atoms with E-state index in [4.69, 9.17) is 4.42 Å². The minimum absolute atomic E-state index is 0.0745. The van der Waals surface area contributed by atoms with Crippen LogP contribution >= 0.6 is 0 Å². The van der Waals surface area contributed by atoms with E-state index in [1.807, 2.05) is 0 Å². The van der Waals surface area contributed by atoms with Gasteiger partial charge in [-0.2, -0.15) is 0 Å². The molecule has 2 N–H and O–H groups in total. The normalized spacial score (nSPS) is 22.1. The van der Waals surface area contributed by atoms with E-state index in [0.717, 1.165) is 12.0 Å². The first-order valence-electron chi connectivity index (χ1n) is 7.23.